The lowest BCUT2D eigenvalue weighted by atomic mass is 9.82. The summed E-state index contributed by atoms with van der Waals surface area (Å²) < 4.78 is 12.4. The van der Waals surface area contributed by atoms with E-state index in [1.807, 2.05) is 109 Å². The molecule has 5 aromatic rings. The van der Waals surface area contributed by atoms with Crippen LogP contribution in [0.2, 0.25) is 5.02 Å². The number of carbonyl (C=O) groups excluding carboxylic acids is 1. The SMILES string of the molecule is O=C(NNCCc1ccc(Cl)cc1)[C@@]1(Cc2ccccc2)N=C(c2ccc(OCCCO)cc2)O[C@H]1c1ccc(-c2ccccc2)cc1. The number of aliphatic hydroxyl groups excluding tert-OH is 1. The van der Waals surface area contributed by atoms with E-state index < -0.39 is 11.6 Å². The van der Waals surface area contributed by atoms with Crippen LogP contribution >= 0.6 is 11.6 Å². The predicted molar refractivity (Wildman–Crippen MR) is 190 cm³/mol. The van der Waals surface area contributed by atoms with Crippen LogP contribution in [0.3, 0.4) is 0 Å². The van der Waals surface area contributed by atoms with Gasteiger partial charge in [-0.2, -0.15) is 0 Å². The Morgan fingerprint density at radius 1 is 0.792 bits per heavy atom. The first-order chi connectivity index (χ1) is 23.5. The molecule has 5 aromatic carbocycles. The first kappa shape index (κ1) is 33.0. The van der Waals surface area contributed by atoms with Crippen LogP contribution in [0.5, 0.6) is 5.75 Å². The van der Waals surface area contributed by atoms with Crippen molar-refractivity contribution in [3.63, 3.8) is 0 Å². The van der Waals surface area contributed by atoms with Gasteiger partial charge >= 0.3 is 0 Å². The van der Waals surface area contributed by atoms with E-state index in [4.69, 9.17) is 31.2 Å². The molecule has 2 atom stereocenters. The average Bonchev–Trinajstić information content (AvgIpc) is 3.52. The number of hydrazine groups is 1. The van der Waals surface area contributed by atoms with Crippen molar-refractivity contribution in [3.05, 3.63) is 161 Å². The Balaban J connectivity index is 1.33. The third kappa shape index (κ3) is 7.94. The normalized spacial score (nSPS) is 17.0. The van der Waals surface area contributed by atoms with Gasteiger partial charge in [0, 0.05) is 36.6 Å². The zero-order valence-electron chi connectivity index (χ0n) is 26.5. The zero-order chi connectivity index (χ0) is 33.2. The highest BCUT2D eigenvalue weighted by Crippen LogP contribution is 2.43. The molecule has 0 aliphatic carbocycles. The molecule has 7 nitrogen and oxygen atoms in total. The van der Waals surface area contributed by atoms with Crippen molar-refractivity contribution in [2.24, 2.45) is 4.99 Å². The van der Waals surface area contributed by atoms with Crippen molar-refractivity contribution < 1.29 is 19.4 Å². The van der Waals surface area contributed by atoms with Crippen LogP contribution in [0.4, 0.5) is 0 Å². The van der Waals surface area contributed by atoms with Crippen molar-refractivity contribution in [2.45, 2.75) is 30.9 Å². The number of rotatable bonds is 14. The number of amides is 1. The van der Waals surface area contributed by atoms with Crippen LogP contribution in [-0.2, 0) is 22.4 Å². The fraction of sp³-hybridized carbons (Fsp3) is 0.200. The van der Waals surface area contributed by atoms with Gasteiger partial charge in [-0.1, -0.05) is 109 Å². The number of carbonyl (C=O) groups is 1. The van der Waals surface area contributed by atoms with Crippen molar-refractivity contribution >= 4 is 23.4 Å². The molecule has 1 heterocycles. The molecular formula is C40H38ClN3O4. The smallest absolute Gasteiger partial charge is 0.266 e. The van der Waals surface area contributed by atoms with Gasteiger partial charge in [-0.25, -0.2) is 10.4 Å². The maximum atomic E-state index is 14.5. The van der Waals surface area contributed by atoms with Crippen LogP contribution in [0.15, 0.2) is 138 Å². The minimum Gasteiger partial charge on any atom is -0.494 e. The molecule has 0 saturated carbocycles. The molecule has 48 heavy (non-hydrogen) atoms. The molecule has 0 saturated heterocycles. The van der Waals surface area contributed by atoms with E-state index in [0.29, 0.717) is 49.1 Å². The Morgan fingerprint density at radius 2 is 1.44 bits per heavy atom. The molecule has 1 aliphatic heterocycles. The van der Waals surface area contributed by atoms with E-state index in [-0.39, 0.29) is 12.5 Å². The lowest BCUT2D eigenvalue weighted by Gasteiger charge is -2.31. The van der Waals surface area contributed by atoms with Crippen molar-refractivity contribution in [2.75, 3.05) is 19.8 Å². The van der Waals surface area contributed by atoms with Gasteiger partial charge in [-0.05, 0) is 70.6 Å². The number of halogens is 1. The Hall–Kier alpha value is -4.95. The second kappa shape index (κ2) is 15.8. The molecule has 0 bridgehead atoms. The molecule has 1 amide bonds. The second-order valence-electron chi connectivity index (χ2n) is 11.7. The fourth-order valence-electron chi connectivity index (χ4n) is 5.78. The summed E-state index contributed by atoms with van der Waals surface area (Å²) in [6, 6.07) is 43.3. The molecule has 244 valence electrons. The van der Waals surface area contributed by atoms with Gasteiger partial charge in [0.2, 0.25) is 5.90 Å². The minimum absolute atomic E-state index is 0.0675. The number of ether oxygens (including phenoxy) is 2. The zero-order valence-corrected chi connectivity index (χ0v) is 27.3. The van der Waals surface area contributed by atoms with E-state index in [0.717, 1.165) is 33.4 Å². The van der Waals surface area contributed by atoms with Crippen LogP contribution in [-0.4, -0.2) is 42.2 Å². The first-order valence-corrected chi connectivity index (χ1v) is 16.5. The maximum absolute atomic E-state index is 14.5. The van der Waals surface area contributed by atoms with Crippen LogP contribution < -0.4 is 15.6 Å². The highest BCUT2D eigenvalue weighted by Gasteiger charge is 2.53. The van der Waals surface area contributed by atoms with Crippen molar-refractivity contribution in [1.82, 2.24) is 10.9 Å². The third-order valence-electron chi connectivity index (χ3n) is 8.32. The molecular weight excluding hydrogens is 622 g/mol. The third-order valence-corrected chi connectivity index (χ3v) is 8.57. The van der Waals surface area contributed by atoms with E-state index in [1.54, 1.807) is 0 Å². The van der Waals surface area contributed by atoms with Gasteiger partial charge in [0.15, 0.2) is 11.6 Å². The number of benzene rings is 5. The molecule has 0 radical (unpaired) electrons. The molecule has 1 aliphatic rings. The van der Waals surface area contributed by atoms with E-state index in [9.17, 15) is 4.79 Å². The summed E-state index contributed by atoms with van der Waals surface area (Å²) in [5.74, 6) is 0.761. The lowest BCUT2D eigenvalue weighted by Crippen LogP contribution is -2.54. The number of aliphatic hydroxyl groups is 1. The van der Waals surface area contributed by atoms with Gasteiger partial charge in [0.25, 0.3) is 5.91 Å². The standard InChI is InChI=1S/C40H38ClN3O4/c41-35-20-12-29(13-21-35)24-25-42-44-39(46)40(28-30-8-3-1-4-9-30)37(33-16-14-32(15-17-33)31-10-5-2-6-11-31)48-38(43-40)34-18-22-36(23-19-34)47-27-7-26-45/h1-6,8-23,37,42,45H,7,24-28H2,(H,44,46)/t37-,40-/m0/s1. The highest BCUT2D eigenvalue weighted by atomic mass is 35.5. The molecule has 0 aromatic heterocycles. The Bertz CT molecular complexity index is 1800. The quantitative estimate of drug-likeness (QED) is 0.0872. The number of aliphatic imine (C=N–C) groups is 1. The Kier molecular flexibility index (Phi) is 10.8. The summed E-state index contributed by atoms with van der Waals surface area (Å²) in [6.45, 7) is 0.998. The van der Waals surface area contributed by atoms with Crippen LogP contribution in [0.25, 0.3) is 11.1 Å². The Labute approximate surface area is 286 Å². The summed E-state index contributed by atoms with van der Waals surface area (Å²) in [6.07, 6.45) is 0.851. The molecule has 0 unspecified atom stereocenters. The highest BCUT2D eigenvalue weighted by molar-refractivity contribution is 6.30. The number of nitrogens with zero attached hydrogens (tertiary/aromatic N) is 1. The lowest BCUT2D eigenvalue weighted by molar-refractivity contribution is -0.130. The van der Waals surface area contributed by atoms with Gasteiger partial charge in [0.1, 0.15) is 5.75 Å². The number of hydrogen-bond acceptors (Lipinski definition) is 6. The maximum Gasteiger partial charge on any atom is 0.266 e. The van der Waals surface area contributed by atoms with E-state index >= 15 is 0 Å². The van der Waals surface area contributed by atoms with Gasteiger partial charge < -0.3 is 14.6 Å². The molecule has 6 rings (SSSR count). The topological polar surface area (TPSA) is 92.2 Å². The minimum atomic E-state index is -1.32. The Morgan fingerprint density at radius 3 is 2.12 bits per heavy atom. The number of hydrogen-bond donors (Lipinski definition) is 3. The molecule has 0 fully saturated rings. The fourth-order valence-corrected chi connectivity index (χ4v) is 5.91. The molecule has 8 heteroatoms. The molecule has 0 spiro atoms. The van der Waals surface area contributed by atoms with Gasteiger partial charge in [0.05, 0.1) is 6.61 Å². The predicted octanol–water partition coefficient (Wildman–Crippen LogP) is 7.13. The summed E-state index contributed by atoms with van der Waals surface area (Å²) in [5.41, 5.74) is 10.6. The monoisotopic (exact) mass is 659 g/mol. The summed E-state index contributed by atoms with van der Waals surface area (Å²) in [4.78, 5) is 19.6. The summed E-state index contributed by atoms with van der Waals surface area (Å²) >= 11 is 6.05. The van der Waals surface area contributed by atoms with Crippen molar-refractivity contribution in [1.29, 1.82) is 0 Å². The second-order valence-corrected chi connectivity index (χ2v) is 12.1. The number of nitrogens with one attached hydrogen (secondary N) is 2. The summed E-state index contributed by atoms with van der Waals surface area (Å²) in [7, 11) is 0. The largest absolute Gasteiger partial charge is 0.494 e. The van der Waals surface area contributed by atoms with Crippen LogP contribution in [0.1, 0.15) is 34.8 Å². The van der Waals surface area contributed by atoms with E-state index in [2.05, 4.69) is 35.1 Å². The average molecular weight is 660 g/mol. The van der Waals surface area contributed by atoms with Gasteiger partial charge in [-0.15, -0.1) is 0 Å². The van der Waals surface area contributed by atoms with Crippen LogP contribution in [0, 0.1) is 0 Å². The first-order valence-electron chi connectivity index (χ1n) is 16.1. The van der Waals surface area contributed by atoms with E-state index in [1.165, 1.54) is 0 Å². The summed E-state index contributed by atoms with van der Waals surface area (Å²) in [5, 5.41) is 9.78. The van der Waals surface area contributed by atoms with Gasteiger partial charge in [-0.3, -0.25) is 10.2 Å². The van der Waals surface area contributed by atoms with Crippen molar-refractivity contribution in [3.8, 4) is 16.9 Å². The molecule has 3 N–H and O–H groups in total.